The first-order valence-corrected chi connectivity index (χ1v) is 6.97. The molecule has 0 aliphatic carbocycles. The van der Waals surface area contributed by atoms with Crippen molar-refractivity contribution in [2.75, 3.05) is 32.8 Å². The van der Waals surface area contributed by atoms with E-state index in [-0.39, 0.29) is 32.0 Å². The third kappa shape index (κ3) is 8.06. The van der Waals surface area contributed by atoms with E-state index in [1.165, 1.54) is 0 Å². The van der Waals surface area contributed by atoms with Gasteiger partial charge in [0, 0.05) is 19.6 Å². The number of carbonyl (C=O) groups is 2. The largest absolute Gasteiger partial charge is 0.481 e. The topological polar surface area (TPSA) is 89.9 Å². The Morgan fingerprint density at radius 1 is 1.14 bits per heavy atom. The van der Waals surface area contributed by atoms with Gasteiger partial charge in [-0.2, -0.15) is 0 Å². The van der Waals surface area contributed by atoms with Crippen LogP contribution in [0.2, 0.25) is 0 Å². The molecule has 0 saturated heterocycles. The zero-order valence-electron chi connectivity index (χ0n) is 12.0. The molecule has 0 heterocycles. The van der Waals surface area contributed by atoms with Gasteiger partial charge in [0.05, 0.1) is 19.6 Å². The second-order valence-electron chi connectivity index (χ2n) is 4.73. The summed E-state index contributed by atoms with van der Waals surface area (Å²) in [5, 5.41) is 20.4. The maximum absolute atomic E-state index is 11.8. The number of benzene rings is 1. The molecule has 1 amide bonds. The molecule has 21 heavy (non-hydrogen) atoms. The zero-order chi connectivity index (χ0) is 15.5. The Morgan fingerprint density at radius 2 is 1.86 bits per heavy atom. The van der Waals surface area contributed by atoms with Crippen LogP contribution in [0.5, 0.6) is 0 Å². The Balaban J connectivity index is 2.27. The third-order valence-electron chi connectivity index (χ3n) is 3.00. The molecule has 0 aliphatic heterocycles. The van der Waals surface area contributed by atoms with Crippen LogP contribution in [0.3, 0.4) is 0 Å². The van der Waals surface area contributed by atoms with E-state index in [0.717, 1.165) is 12.0 Å². The van der Waals surface area contributed by atoms with Crippen LogP contribution in [0.1, 0.15) is 12.0 Å². The van der Waals surface area contributed by atoms with Crippen molar-refractivity contribution in [2.45, 2.75) is 12.8 Å². The number of rotatable bonds is 10. The molecule has 6 heteroatoms. The molecule has 0 fully saturated rings. The number of aliphatic hydroxyl groups excluding tert-OH is 1. The minimum atomic E-state index is -0.914. The normalized spacial score (nSPS) is 10.6. The molecule has 6 nitrogen and oxygen atoms in total. The first-order valence-electron chi connectivity index (χ1n) is 6.97. The van der Waals surface area contributed by atoms with Crippen LogP contribution in [0.15, 0.2) is 30.3 Å². The van der Waals surface area contributed by atoms with Gasteiger partial charge in [0.1, 0.15) is 0 Å². The second-order valence-corrected chi connectivity index (χ2v) is 4.73. The predicted octanol–water partition coefficient (Wildman–Crippen LogP) is 0.114. The Labute approximate surface area is 124 Å². The molecule has 1 aromatic rings. The summed E-state index contributed by atoms with van der Waals surface area (Å²) in [6.07, 6.45) is 0.707. The van der Waals surface area contributed by atoms with Crippen LogP contribution in [0, 0.1) is 0 Å². The number of nitrogens with zero attached hydrogens (tertiary/aromatic N) is 1. The van der Waals surface area contributed by atoms with Crippen LogP contribution < -0.4 is 5.32 Å². The van der Waals surface area contributed by atoms with Crippen molar-refractivity contribution in [1.82, 2.24) is 10.2 Å². The summed E-state index contributed by atoms with van der Waals surface area (Å²) in [4.78, 5) is 23.9. The molecule has 0 atom stereocenters. The van der Waals surface area contributed by atoms with Gasteiger partial charge >= 0.3 is 5.97 Å². The number of amides is 1. The third-order valence-corrected chi connectivity index (χ3v) is 3.00. The summed E-state index contributed by atoms with van der Waals surface area (Å²) in [7, 11) is 0. The summed E-state index contributed by atoms with van der Waals surface area (Å²) < 4.78 is 0. The number of aliphatic carboxylic acids is 1. The smallest absolute Gasteiger partial charge is 0.304 e. The van der Waals surface area contributed by atoms with Gasteiger partial charge in [0.25, 0.3) is 0 Å². The van der Waals surface area contributed by atoms with Gasteiger partial charge in [0.2, 0.25) is 5.91 Å². The number of carboxylic acids is 1. The van der Waals surface area contributed by atoms with Gasteiger partial charge < -0.3 is 15.5 Å². The lowest BCUT2D eigenvalue weighted by Crippen LogP contribution is -2.40. The van der Waals surface area contributed by atoms with Crippen molar-refractivity contribution >= 4 is 11.9 Å². The van der Waals surface area contributed by atoms with Gasteiger partial charge in [0.15, 0.2) is 0 Å². The minimum Gasteiger partial charge on any atom is -0.481 e. The predicted molar refractivity (Wildman–Crippen MR) is 78.9 cm³/mol. The molecule has 0 radical (unpaired) electrons. The fourth-order valence-corrected chi connectivity index (χ4v) is 1.92. The number of hydrogen-bond acceptors (Lipinski definition) is 4. The lowest BCUT2D eigenvalue weighted by Gasteiger charge is -2.19. The van der Waals surface area contributed by atoms with Gasteiger partial charge in [-0.05, 0) is 12.0 Å². The van der Waals surface area contributed by atoms with Crippen molar-refractivity contribution in [3.8, 4) is 0 Å². The molecule has 0 saturated carbocycles. The highest BCUT2D eigenvalue weighted by Gasteiger charge is 2.11. The molecule has 0 aliphatic rings. The first kappa shape index (κ1) is 17.1. The van der Waals surface area contributed by atoms with Crippen LogP contribution >= 0.6 is 0 Å². The first-order chi connectivity index (χ1) is 10.1. The lowest BCUT2D eigenvalue weighted by molar-refractivity contribution is -0.137. The summed E-state index contributed by atoms with van der Waals surface area (Å²) in [6.45, 7) is 1.08. The molecule has 1 rings (SSSR count). The Hall–Kier alpha value is -1.92. The Bertz CT molecular complexity index is 437. The summed E-state index contributed by atoms with van der Waals surface area (Å²) in [6, 6.07) is 9.84. The van der Waals surface area contributed by atoms with Crippen molar-refractivity contribution in [3.63, 3.8) is 0 Å². The number of aliphatic hydroxyl groups is 1. The van der Waals surface area contributed by atoms with E-state index in [2.05, 4.69) is 5.32 Å². The van der Waals surface area contributed by atoms with E-state index in [4.69, 9.17) is 10.2 Å². The van der Waals surface area contributed by atoms with Gasteiger partial charge in [-0.15, -0.1) is 0 Å². The Morgan fingerprint density at radius 3 is 2.48 bits per heavy atom. The molecule has 0 aromatic heterocycles. The fourth-order valence-electron chi connectivity index (χ4n) is 1.92. The molecule has 3 N–H and O–H groups in total. The standard InChI is InChI=1S/C15H22N2O4/c18-11-10-17(9-7-15(20)21)12-14(19)16-8-6-13-4-2-1-3-5-13/h1-5,18H,6-12H2,(H,16,19)(H,20,21). The molecule has 0 spiro atoms. The van der Waals surface area contributed by atoms with Gasteiger partial charge in [-0.1, -0.05) is 30.3 Å². The SMILES string of the molecule is O=C(O)CCN(CCO)CC(=O)NCCc1ccccc1. The number of nitrogens with one attached hydrogen (secondary N) is 1. The van der Waals surface area contributed by atoms with Gasteiger partial charge in [-0.25, -0.2) is 0 Å². The average molecular weight is 294 g/mol. The van der Waals surface area contributed by atoms with E-state index < -0.39 is 5.97 Å². The van der Waals surface area contributed by atoms with Crippen molar-refractivity contribution in [1.29, 1.82) is 0 Å². The van der Waals surface area contributed by atoms with Crippen LogP contribution in [-0.4, -0.2) is 59.8 Å². The molecule has 0 unspecified atom stereocenters. The number of carbonyl (C=O) groups excluding carboxylic acids is 1. The summed E-state index contributed by atoms with van der Waals surface area (Å²) >= 11 is 0. The second kappa shape index (κ2) is 9.90. The van der Waals surface area contributed by atoms with Crippen LogP contribution in [0.25, 0.3) is 0 Å². The highest BCUT2D eigenvalue weighted by Crippen LogP contribution is 1.98. The van der Waals surface area contributed by atoms with E-state index in [1.807, 2.05) is 30.3 Å². The summed E-state index contributed by atoms with van der Waals surface area (Å²) in [5.74, 6) is -1.08. The van der Waals surface area contributed by atoms with E-state index >= 15 is 0 Å². The quantitative estimate of drug-likeness (QED) is 0.570. The highest BCUT2D eigenvalue weighted by molar-refractivity contribution is 5.78. The van der Waals surface area contributed by atoms with Gasteiger partial charge in [-0.3, -0.25) is 14.5 Å². The molecular weight excluding hydrogens is 272 g/mol. The average Bonchev–Trinajstić information content (AvgIpc) is 2.46. The minimum absolute atomic E-state index is 0.0443. The van der Waals surface area contributed by atoms with Crippen molar-refractivity contribution < 1.29 is 19.8 Å². The molecular formula is C15H22N2O4. The maximum Gasteiger partial charge on any atom is 0.304 e. The van der Waals surface area contributed by atoms with Crippen LogP contribution in [-0.2, 0) is 16.0 Å². The van der Waals surface area contributed by atoms with Crippen molar-refractivity contribution in [2.24, 2.45) is 0 Å². The van der Waals surface area contributed by atoms with E-state index in [0.29, 0.717) is 13.1 Å². The van der Waals surface area contributed by atoms with Crippen LogP contribution in [0.4, 0.5) is 0 Å². The number of hydrogen-bond donors (Lipinski definition) is 3. The van der Waals surface area contributed by atoms with E-state index in [1.54, 1.807) is 4.90 Å². The monoisotopic (exact) mass is 294 g/mol. The summed E-state index contributed by atoms with van der Waals surface area (Å²) in [5.41, 5.74) is 1.15. The van der Waals surface area contributed by atoms with Crippen molar-refractivity contribution in [3.05, 3.63) is 35.9 Å². The molecule has 0 bridgehead atoms. The lowest BCUT2D eigenvalue weighted by atomic mass is 10.1. The highest BCUT2D eigenvalue weighted by atomic mass is 16.4. The maximum atomic E-state index is 11.8. The fraction of sp³-hybridized carbons (Fsp3) is 0.467. The molecule has 1 aromatic carbocycles. The van der Waals surface area contributed by atoms with E-state index in [9.17, 15) is 9.59 Å². The Kier molecular flexibility index (Phi) is 8.08. The zero-order valence-corrected chi connectivity index (χ0v) is 12.0. The molecule has 116 valence electrons. The number of carboxylic acid groups (broad SMARTS) is 1.